The van der Waals surface area contributed by atoms with E-state index in [9.17, 15) is 4.79 Å². The molecule has 1 aromatic heterocycles. The summed E-state index contributed by atoms with van der Waals surface area (Å²) in [5.74, 6) is 0.845. The van der Waals surface area contributed by atoms with Gasteiger partial charge in [-0.2, -0.15) is 0 Å². The zero-order valence-corrected chi connectivity index (χ0v) is 15.2. The van der Waals surface area contributed by atoms with E-state index in [4.69, 9.17) is 4.74 Å². The van der Waals surface area contributed by atoms with Gasteiger partial charge in [-0.1, -0.05) is 25.1 Å². The van der Waals surface area contributed by atoms with Gasteiger partial charge in [0.15, 0.2) is 0 Å². The number of rotatable bonds is 6. The summed E-state index contributed by atoms with van der Waals surface area (Å²) in [6.07, 6.45) is 4.56. The summed E-state index contributed by atoms with van der Waals surface area (Å²) in [4.78, 5) is 20.7. The Bertz CT molecular complexity index is 700. The van der Waals surface area contributed by atoms with Gasteiger partial charge >= 0.3 is 6.03 Å². The molecule has 26 heavy (non-hydrogen) atoms. The second-order valence-corrected chi connectivity index (χ2v) is 6.29. The van der Waals surface area contributed by atoms with Crippen molar-refractivity contribution in [3.63, 3.8) is 0 Å². The predicted octanol–water partition coefficient (Wildman–Crippen LogP) is 2.90. The van der Waals surface area contributed by atoms with Crippen LogP contribution in [0.5, 0.6) is 5.75 Å². The number of hydrogen-bond acceptors (Lipinski definition) is 4. The van der Waals surface area contributed by atoms with Crippen molar-refractivity contribution in [3.05, 3.63) is 54.4 Å². The van der Waals surface area contributed by atoms with Gasteiger partial charge in [-0.05, 0) is 24.6 Å². The summed E-state index contributed by atoms with van der Waals surface area (Å²) in [6.45, 7) is 6.31. The molecule has 0 bridgehead atoms. The normalized spacial score (nSPS) is 14.2. The molecule has 138 valence electrons. The van der Waals surface area contributed by atoms with Crippen LogP contribution in [-0.2, 0) is 6.54 Å². The van der Waals surface area contributed by atoms with Crippen LogP contribution in [0.25, 0.3) is 0 Å². The number of para-hydroxylation sites is 1. The molecule has 2 aromatic rings. The summed E-state index contributed by atoms with van der Waals surface area (Å²) < 4.78 is 5.75. The second-order valence-electron chi connectivity index (χ2n) is 6.29. The van der Waals surface area contributed by atoms with E-state index >= 15 is 0 Å². The van der Waals surface area contributed by atoms with E-state index in [1.807, 2.05) is 41.3 Å². The van der Waals surface area contributed by atoms with Crippen LogP contribution in [0.1, 0.15) is 18.9 Å². The maximum atomic E-state index is 12.5. The average molecular weight is 354 g/mol. The number of carbonyl (C=O) groups is 1. The fraction of sp³-hybridized carbons (Fsp3) is 0.400. The van der Waals surface area contributed by atoms with Crippen LogP contribution in [0.4, 0.5) is 10.5 Å². The van der Waals surface area contributed by atoms with Gasteiger partial charge in [0, 0.05) is 56.4 Å². The molecular weight excluding hydrogens is 328 g/mol. The number of carbonyl (C=O) groups excluding carboxylic acids is 1. The lowest BCUT2D eigenvalue weighted by atomic mass is 10.2. The highest BCUT2D eigenvalue weighted by Gasteiger charge is 2.21. The highest BCUT2D eigenvalue weighted by molar-refractivity contribution is 5.74. The first-order valence-electron chi connectivity index (χ1n) is 9.16. The van der Waals surface area contributed by atoms with Crippen molar-refractivity contribution in [3.8, 4) is 5.75 Å². The zero-order chi connectivity index (χ0) is 18.2. The minimum atomic E-state index is -0.0235. The maximum absolute atomic E-state index is 12.5. The first kappa shape index (κ1) is 18.0. The Morgan fingerprint density at radius 3 is 2.58 bits per heavy atom. The van der Waals surface area contributed by atoms with Crippen LogP contribution in [0, 0.1) is 0 Å². The third-order valence-electron chi connectivity index (χ3n) is 4.46. The zero-order valence-electron chi connectivity index (χ0n) is 15.2. The van der Waals surface area contributed by atoms with E-state index in [1.165, 1.54) is 0 Å². The highest BCUT2D eigenvalue weighted by atomic mass is 16.5. The van der Waals surface area contributed by atoms with Gasteiger partial charge in [0.05, 0.1) is 6.61 Å². The smallest absolute Gasteiger partial charge is 0.317 e. The number of nitrogens with one attached hydrogen (secondary N) is 1. The number of hydrogen-bond donors (Lipinski definition) is 1. The number of piperazine rings is 1. The van der Waals surface area contributed by atoms with Crippen LogP contribution in [0.2, 0.25) is 0 Å². The third kappa shape index (κ3) is 4.65. The predicted molar refractivity (Wildman–Crippen MR) is 102 cm³/mol. The van der Waals surface area contributed by atoms with Crippen molar-refractivity contribution in [2.75, 3.05) is 37.7 Å². The number of nitrogens with zero attached hydrogens (tertiary/aromatic N) is 3. The van der Waals surface area contributed by atoms with Crippen molar-refractivity contribution >= 4 is 11.7 Å². The summed E-state index contributed by atoms with van der Waals surface area (Å²) in [5, 5.41) is 3.02. The summed E-state index contributed by atoms with van der Waals surface area (Å²) >= 11 is 0. The second kappa shape index (κ2) is 9.08. The molecule has 1 fully saturated rings. The standard InChI is InChI=1S/C20H26N4O2/c1-2-15-26-19-6-4-3-5-17(19)16-22-20(25)24-13-11-23(12-14-24)18-7-9-21-10-8-18/h3-10H,2,11-16H2,1H3,(H,22,25). The molecule has 3 rings (SSSR count). The van der Waals surface area contributed by atoms with Crippen LogP contribution >= 0.6 is 0 Å². The fourth-order valence-corrected chi connectivity index (χ4v) is 3.01. The Morgan fingerprint density at radius 1 is 1.12 bits per heavy atom. The molecule has 1 aliphatic heterocycles. The van der Waals surface area contributed by atoms with Crippen molar-refractivity contribution in [1.82, 2.24) is 15.2 Å². The molecule has 2 heterocycles. The van der Waals surface area contributed by atoms with Crippen molar-refractivity contribution in [2.24, 2.45) is 0 Å². The Kier molecular flexibility index (Phi) is 6.30. The molecule has 0 saturated carbocycles. The van der Waals surface area contributed by atoms with Gasteiger partial charge in [0.25, 0.3) is 0 Å². The van der Waals surface area contributed by atoms with E-state index in [0.29, 0.717) is 26.2 Å². The molecule has 1 aliphatic rings. The van der Waals surface area contributed by atoms with E-state index < -0.39 is 0 Å². The number of pyridine rings is 1. The van der Waals surface area contributed by atoms with E-state index in [-0.39, 0.29) is 6.03 Å². The number of urea groups is 1. The average Bonchev–Trinajstić information content (AvgIpc) is 2.72. The summed E-state index contributed by atoms with van der Waals surface area (Å²) in [7, 11) is 0. The number of amides is 2. The lowest BCUT2D eigenvalue weighted by molar-refractivity contribution is 0.193. The topological polar surface area (TPSA) is 57.7 Å². The molecule has 0 atom stereocenters. The molecule has 2 amide bonds. The monoisotopic (exact) mass is 354 g/mol. The molecule has 0 unspecified atom stereocenters. The number of aromatic nitrogens is 1. The Labute approximate surface area is 154 Å². The quantitative estimate of drug-likeness (QED) is 0.867. The molecule has 1 aromatic carbocycles. The SMILES string of the molecule is CCCOc1ccccc1CNC(=O)N1CCN(c2ccncc2)CC1. The molecule has 6 nitrogen and oxygen atoms in total. The molecular formula is C20H26N4O2. The Hall–Kier alpha value is -2.76. The van der Waals surface area contributed by atoms with Gasteiger partial charge in [-0.15, -0.1) is 0 Å². The van der Waals surface area contributed by atoms with Gasteiger partial charge in [0.2, 0.25) is 0 Å². The van der Waals surface area contributed by atoms with E-state index in [0.717, 1.165) is 36.5 Å². The number of ether oxygens (including phenoxy) is 1. The van der Waals surface area contributed by atoms with Crippen LogP contribution in [0.15, 0.2) is 48.8 Å². The largest absolute Gasteiger partial charge is 0.493 e. The van der Waals surface area contributed by atoms with Crippen LogP contribution in [-0.4, -0.2) is 48.7 Å². The highest BCUT2D eigenvalue weighted by Crippen LogP contribution is 2.18. The van der Waals surface area contributed by atoms with Crippen LogP contribution < -0.4 is 15.0 Å². The minimum absolute atomic E-state index is 0.0235. The third-order valence-corrected chi connectivity index (χ3v) is 4.46. The summed E-state index contributed by atoms with van der Waals surface area (Å²) in [6, 6.07) is 11.8. The fourth-order valence-electron chi connectivity index (χ4n) is 3.01. The lowest BCUT2D eigenvalue weighted by Gasteiger charge is -2.36. The van der Waals surface area contributed by atoms with Gasteiger partial charge < -0.3 is 19.9 Å². The first-order valence-corrected chi connectivity index (χ1v) is 9.16. The van der Waals surface area contributed by atoms with Gasteiger partial charge in [0.1, 0.15) is 5.75 Å². The maximum Gasteiger partial charge on any atom is 0.317 e. The molecule has 1 N–H and O–H groups in total. The lowest BCUT2D eigenvalue weighted by Crippen LogP contribution is -2.51. The van der Waals surface area contributed by atoms with Gasteiger partial charge in [-0.3, -0.25) is 4.98 Å². The Morgan fingerprint density at radius 2 is 1.85 bits per heavy atom. The van der Waals surface area contributed by atoms with E-state index in [1.54, 1.807) is 12.4 Å². The summed E-state index contributed by atoms with van der Waals surface area (Å²) in [5.41, 5.74) is 2.16. The molecule has 0 radical (unpaired) electrons. The van der Waals surface area contributed by atoms with Crippen molar-refractivity contribution in [2.45, 2.75) is 19.9 Å². The molecule has 0 spiro atoms. The molecule has 1 saturated heterocycles. The first-order chi connectivity index (χ1) is 12.8. The van der Waals surface area contributed by atoms with E-state index in [2.05, 4.69) is 22.1 Å². The van der Waals surface area contributed by atoms with Gasteiger partial charge in [-0.25, -0.2) is 4.79 Å². The van der Waals surface area contributed by atoms with Crippen molar-refractivity contribution in [1.29, 1.82) is 0 Å². The Balaban J connectivity index is 1.49. The minimum Gasteiger partial charge on any atom is -0.493 e. The molecule has 6 heteroatoms. The van der Waals surface area contributed by atoms with Crippen LogP contribution in [0.3, 0.4) is 0 Å². The number of benzene rings is 1. The van der Waals surface area contributed by atoms with Crippen molar-refractivity contribution < 1.29 is 9.53 Å². The molecule has 0 aliphatic carbocycles. The number of anilines is 1.